The summed E-state index contributed by atoms with van der Waals surface area (Å²) in [7, 11) is 0. The fourth-order valence-corrected chi connectivity index (χ4v) is 2.84. The number of amides is 1. The lowest BCUT2D eigenvalue weighted by molar-refractivity contribution is -0.111. The van der Waals surface area contributed by atoms with Crippen LogP contribution in [0.1, 0.15) is 11.1 Å². The summed E-state index contributed by atoms with van der Waals surface area (Å²) in [6, 6.07) is 22.4. The number of hydrogen-bond acceptors (Lipinski definition) is 2. The summed E-state index contributed by atoms with van der Waals surface area (Å²) in [5.74, 6) is 0.456. The van der Waals surface area contributed by atoms with E-state index in [4.69, 9.17) is 27.9 Å². The molecule has 0 aliphatic heterocycles. The van der Waals surface area contributed by atoms with Crippen molar-refractivity contribution in [2.24, 2.45) is 0 Å². The van der Waals surface area contributed by atoms with E-state index < -0.39 is 0 Å². The Bertz CT molecular complexity index is 956. The largest absolute Gasteiger partial charge is 0.489 e. The highest BCUT2D eigenvalue weighted by Crippen LogP contribution is 2.25. The fraction of sp³-hybridized carbons (Fsp3) is 0.0455. The summed E-state index contributed by atoms with van der Waals surface area (Å²) in [4.78, 5) is 12.1. The number of anilines is 1. The first kappa shape index (κ1) is 19.0. The smallest absolute Gasteiger partial charge is 0.248 e. The maximum atomic E-state index is 12.1. The SMILES string of the molecule is O=C(/C=C/c1cccc(OCc2ccccc2)c1)Nc1ccc(Cl)cc1Cl. The predicted octanol–water partition coefficient (Wildman–Crippen LogP) is 6.22. The summed E-state index contributed by atoms with van der Waals surface area (Å²) in [5.41, 5.74) is 2.46. The summed E-state index contributed by atoms with van der Waals surface area (Å²) < 4.78 is 5.80. The molecule has 3 nitrogen and oxygen atoms in total. The molecule has 136 valence electrons. The van der Waals surface area contributed by atoms with Crippen molar-refractivity contribution in [3.63, 3.8) is 0 Å². The molecule has 0 spiro atoms. The molecule has 1 N–H and O–H groups in total. The molecule has 5 heteroatoms. The van der Waals surface area contributed by atoms with Crippen molar-refractivity contribution in [3.8, 4) is 5.75 Å². The minimum absolute atomic E-state index is 0.283. The second-order valence-corrected chi connectivity index (χ2v) is 6.64. The summed E-state index contributed by atoms with van der Waals surface area (Å²) in [5, 5.41) is 3.63. The monoisotopic (exact) mass is 397 g/mol. The van der Waals surface area contributed by atoms with E-state index in [0.717, 1.165) is 16.9 Å². The Morgan fingerprint density at radius 2 is 1.78 bits per heavy atom. The van der Waals surface area contributed by atoms with Gasteiger partial charge in [-0.15, -0.1) is 0 Å². The van der Waals surface area contributed by atoms with Gasteiger partial charge in [0.1, 0.15) is 12.4 Å². The molecular formula is C22H17Cl2NO2. The van der Waals surface area contributed by atoms with Gasteiger partial charge in [0.05, 0.1) is 10.7 Å². The minimum Gasteiger partial charge on any atom is -0.489 e. The predicted molar refractivity (Wildman–Crippen MR) is 111 cm³/mol. The molecule has 3 aromatic rings. The van der Waals surface area contributed by atoms with Gasteiger partial charge in [-0.2, -0.15) is 0 Å². The minimum atomic E-state index is -0.283. The Hall–Kier alpha value is -2.75. The summed E-state index contributed by atoms with van der Waals surface area (Å²) >= 11 is 11.9. The number of nitrogens with one attached hydrogen (secondary N) is 1. The van der Waals surface area contributed by atoms with Crippen LogP contribution >= 0.6 is 23.2 Å². The molecule has 3 aromatic carbocycles. The third kappa shape index (κ3) is 5.88. The standard InChI is InChI=1S/C22H17Cl2NO2/c23-18-10-11-21(20(24)14-18)25-22(26)12-9-16-7-4-8-19(13-16)27-15-17-5-2-1-3-6-17/h1-14H,15H2,(H,25,26)/b12-9+. The Labute approximate surface area is 168 Å². The number of carbonyl (C=O) groups excluding carboxylic acids is 1. The van der Waals surface area contributed by atoms with Crippen molar-refractivity contribution in [2.45, 2.75) is 6.61 Å². The van der Waals surface area contributed by atoms with Crippen molar-refractivity contribution in [1.29, 1.82) is 0 Å². The van der Waals surface area contributed by atoms with Gasteiger partial charge in [-0.3, -0.25) is 4.79 Å². The van der Waals surface area contributed by atoms with Gasteiger partial charge in [0.25, 0.3) is 0 Å². The van der Waals surface area contributed by atoms with Crippen molar-refractivity contribution in [1.82, 2.24) is 0 Å². The second-order valence-electron chi connectivity index (χ2n) is 5.79. The van der Waals surface area contributed by atoms with Crippen LogP contribution in [-0.4, -0.2) is 5.91 Å². The van der Waals surface area contributed by atoms with Crippen LogP contribution in [0.4, 0.5) is 5.69 Å². The van der Waals surface area contributed by atoms with E-state index in [2.05, 4.69) is 5.32 Å². The fourth-order valence-electron chi connectivity index (χ4n) is 2.39. The van der Waals surface area contributed by atoms with Crippen LogP contribution in [0.2, 0.25) is 10.0 Å². The first-order valence-corrected chi connectivity index (χ1v) is 9.07. The van der Waals surface area contributed by atoms with E-state index in [0.29, 0.717) is 22.3 Å². The van der Waals surface area contributed by atoms with E-state index in [-0.39, 0.29) is 5.91 Å². The van der Waals surface area contributed by atoms with Crippen molar-refractivity contribution < 1.29 is 9.53 Å². The molecule has 27 heavy (non-hydrogen) atoms. The number of hydrogen-bond donors (Lipinski definition) is 1. The third-order valence-electron chi connectivity index (χ3n) is 3.72. The van der Waals surface area contributed by atoms with Gasteiger partial charge in [-0.1, -0.05) is 65.7 Å². The molecule has 0 atom stereocenters. The van der Waals surface area contributed by atoms with Gasteiger partial charge in [-0.05, 0) is 47.5 Å². The Kier molecular flexibility index (Phi) is 6.53. The van der Waals surface area contributed by atoms with Crippen LogP contribution in [0.25, 0.3) is 6.08 Å². The zero-order valence-corrected chi connectivity index (χ0v) is 15.9. The zero-order chi connectivity index (χ0) is 19.1. The van der Waals surface area contributed by atoms with Gasteiger partial charge in [0.2, 0.25) is 5.91 Å². The van der Waals surface area contributed by atoms with Crippen LogP contribution in [0, 0.1) is 0 Å². The molecule has 0 fully saturated rings. The van der Waals surface area contributed by atoms with E-state index in [1.165, 1.54) is 6.08 Å². The van der Waals surface area contributed by atoms with Gasteiger partial charge in [0, 0.05) is 11.1 Å². The Balaban J connectivity index is 1.60. The Morgan fingerprint density at radius 1 is 0.963 bits per heavy atom. The van der Waals surface area contributed by atoms with E-state index in [1.807, 2.05) is 54.6 Å². The first-order valence-electron chi connectivity index (χ1n) is 8.31. The molecule has 0 saturated carbocycles. The number of ether oxygens (including phenoxy) is 1. The van der Waals surface area contributed by atoms with Crippen molar-refractivity contribution in [3.05, 3.63) is 100 Å². The quantitative estimate of drug-likeness (QED) is 0.501. The third-order valence-corrected chi connectivity index (χ3v) is 4.27. The van der Waals surface area contributed by atoms with Crippen LogP contribution in [-0.2, 0) is 11.4 Å². The molecule has 0 unspecified atom stereocenters. The van der Waals surface area contributed by atoms with Gasteiger partial charge >= 0.3 is 0 Å². The molecule has 0 aromatic heterocycles. The zero-order valence-electron chi connectivity index (χ0n) is 14.4. The van der Waals surface area contributed by atoms with Crippen molar-refractivity contribution in [2.75, 3.05) is 5.32 Å². The van der Waals surface area contributed by atoms with Gasteiger partial charge in [-0.25, -0.2) is 0 Å². The number of halogens is 2. The van der Waals surface area contributed by atoms with Crippen molar-refractivity contribution >= 4 is 40.9 Å². The molecule has 0 bridgehead atoms. The Morgan fingerprint density at radius 3 is 2.56 bits per heavy atom. The maximum Gasteiger partial charge on any atom is 0.248 e. The maximum absolute atomic E-state index is 12.1. The molecule has 3 rings (SSSR count). The topological polar surface area (TPSA) is 38.3 Å². The number of carbonyl (C=O) groups is 1. The number of benzene rings is 3. The van der Waals surface area contributed by atoms with Gasteiger partial charge in [0.15, 0.2) is 0 Å². The molecule has 0 heterocycles. The van der Waals surface area contributed by atoms with Crippen LogP contribution in [0.15, 0.2) is 78.9 Å². The molecule has 0 aliphatic rings. The highest BCUT2D eigenvalue weighted by atomic mass is 35.5. The lowest BCUT2D eigenvalue weighted by atomic mass is 10.2. The van der Waals surface area contributed by atoms with Gasteiger partial charge < -0.3 is 10.1 Å². The number of rotatable bonds is 6. The highest BCUT2D eigenvalue weighted by molar-refractivity contribution is 6.36. The molecule has 0 aliphatic carbocycles. The van der Waals surface area contributed by atoms with E-state index >= 15 is 0 Å². The first-order chi connectivity index (χ1) is 13.1. The molecule has 1 amide bonds. The second kappa shape index (κ2) is 9.26. The summed E-state index contributed by atoms with van der Waals surface area (Å²) in [6.07, 6.45) is 3.16. The highest BCUT2D eigenvalue weighted by Gasteiger charge is 2.04. The lowest BCUT2D eigenvalue weighted by Crippen LogP contribution is -2.08. The normalized spacial score (nSPS) is 10.7. The summed E-state index contributed by atoms with van der Waals surface area (Å²) in [6.45, 7) is 0.490. The van der Waals surface area contributed by atoms with Crippen LogP contribution < -0.4 is 10.1 Å². The lowest BCUT2D eigenvalue weighted by Gasteiger charge is -2.07. The van der Waals surface area contributed by atoms with Crippen LogP contribution in [0.5, 0.6) is 5.75 Å². The van der Waals surface area contributed by atoms with E-state index in [1.54, 1.807) is 24.3 Å². The molecule has 0 radical (unpaired) electrons. The molecule has 0 saturated heterocycles. The van der Waals surface area contributed by atoms with Crippen LogP contribution in [0.3, 0.4) is 0 Å². The van der Waals surface area contributed by atoms with E-state index in [9.17, 15) is 4.79 Å². The average molecular weight is 398 g/mol. The average Bonchev–Trinajstić information content (AvgIpc) is 2.68. The molecular weight excluding hydrogens is 381 g/mol.